The lowest BCUT2D eigenvalue weighted by Crippen LogP contribution is -2.62. The highest BCUT2D eigenvalue weighted by Gasteiger charge is 2.47. The maximum Gasteiger partial charge on any atom is 0.277 e. The van der Waals surface area contributed by atoms with Crippen molar-refractivity contribution in [1.82, 2.24) is 20.4 Å². The van der Waals surface area contributed by atoms with Gasteiger partial charge in [0.25, 0.3) is 11.5 Å². The number of hydrogen-bond donors (Lipinski definition) is 1. The van der Waals surface area contributed by atoms with Gasteiger partial charge in [-0.25, -0.2) is 23.1 Å². The summed E-state index contributed by atoms with van der Waals surface area (Å²) in [5, 5.41) is 6.27. The second-order valence-corrected chi connectivity index (χ2v) is 8.78. The van der Waals surface area contributed by atoms with Crippen LogP contribution in [0.25, 0.3) is 11.3 Å². The Balaban J connectivity index is 1.75. The van der Waals surface area contributed by atoms with Gasteiger partial charge in [-0.2, -0.15) is 0 Å². The van der Waals surface area contributed by atoms with Crippen molar-refractivity contribution in [3.05, 3.63) is 60.8 Å². The van der Waals surface area contributed by atoms with Crippen LogP contribution >= 0.6 is 11.6 Å². The lowest BCUT2D eigenvalue weighted by atomic mass is 9.69. The summed E-state index contributed by atoms with van der Waals surface area (Å²) < 4.78 is 46.6. The van der Waals surface area contributed by atoms with Crippen LogP contribution in [0.1, 0.15) is 31.2 Å². The fourth-order valence-corrected chi connectivity index (χ4v) is 4.18. The maximum atomic E-state index is 14.2. The molecule has 2 aromatic heterocycles. The van der Waals surface area contributed by atoms with Crippen molar-refractivity contribution in [3.63, 3.8) is 0 Å². The quantitative estimate of drug-likeness (QED) is 0.379. The van der Waals surface area contributed by atoms with Crippen LogP contribution in [0, 0.1) is 0 Å². The number of halogens is 4. The molecule has 0 saturated heterocycles. The molecule has 0 bridgehead atoms. The van der Waals surface area contributed by atoms with Gasteiger partial charge >= 0.3 is 0 Å². The molecule has 2 radical (unpaired) electrons. The van der Waals surface area contributed by atoms with Crippen molar-refractivity contribution >= 4 is 36.9 Å². The van der Waals surface area contributed by atoms with Crippen molar-refractivity contribution < 1.29 is 27.3 Å². The summed E-state index contributed by atoms with van der Waals surface area (Å²) in [6.45, 7) is 0. The molecule has 0 aliphatic heterocycles. The number of rotatable bonds is 7. The number of hydrogen-bond acceptors (Lipinski definition) is 6. The van der Waals surface area contributed by atoms with Crippen molar-refractivity contribution in [2.24, 2.45) is 0 Å². The third-order valence-corrected chi connectivity index (χ3v) is 6.19. The molecule has 0 unspecified atom stereocenters. The van der Waals surface area contributed by atoms with E-state index in [0.29, 0.717) is 16.2 Å². The first-order valence-electron chi connectivity index (χ1n) is 11.0. The smallest absolute Gasteiger partial charge is 0.277 e. The second-order valence-electron chi connectivity index (χ2n) is 8.40. The number of carbonyl (C=O) groups excluding carboxylic acids is 2. The summed E-state index contributed by atoms with van der Waals surface area (Å²) in [6.07, 6.45) is 4.21. The van der Waals surface area contributed by atoms with Gasteiger partial charge in [0.05, 0.1) is 6.20 Å². The third kappa shape index (κ3) is 5.23. The minimum absolute atomic E-state index is 0.00117. The molecule has 1 saturated carbocycles. The van der Waals surface area contributed by atoms with Gasteiger partial charge in [-0.05, 0) is 37.1 Å². The number of nitrogens with zero attached hydrogens (tertiary/aromatic N) is 4. The molecular weight excluding hydrogens is 498 g/mol. The van der Waals surface area contributed by atoms with Crippen molar-refractivity contribution in [2.45, 2.75) is 48.7 Å². The minimum atomic E-state index is -2.82. The van der Waals surface area contributed by atoms with Gasteiger partial charge < -0.3 is 9.84 Å². The predicted molar refractivity (Wildman–Crippen MR) is 125 cm³/mol. The first kappa shape index (κ1) is 25.7. The number of amides is 2. The van der Waals surface area contributed by atoms with E-state index in [2.05, 4.69) is 20.4 Å². The molecule has 2 amide bonds. The van der Waals surface area contributed by atoms with E-state index in [9.17, 15) is 22.8 Å². The van der Waals surface area contributed by atoms with Crippen LogP contribution < -0.4 is 10.2 Å². The maximum absolute atomic E-state index is 14.2. The average molecular weight is 518 g/mol. The largest absolute Gasteiger partial charge is 0.356 e. The van der Waals surface area contributed by atoms with Gasteiger partial charge in [0.1, 0.15) is 19.6 Å². The van der Waals surface area contributed by atoms with Gasteiger partial charge in [-0.15, -0.1) is 0 Å². The topological polar surface area (TPSA) is 101 Å². The zero-order valence-corrected chi connectivity index (χ0v) is 19.5. The summed E-state index contributed by atoms with van der Waals surface area (Å²) in [7, 11) is 6.59. The molecule has 2 heterocycles. The second kappa shape index (κ2) is 10.3. The Labute approximate surface area is 210 Å². The molecule has 4 rings (SSSR count). The Bertz CT molecular complexity index is 1190. The number of carbonyl (C=O) groups is 2. The van der Waals surface area contributed by atoms with E-state index >= 15 is 0 Å². The van der Waals surface area contributed by atoms with Crippen LogP contribution in [-0.2, 0) is 15.0 Å². The normalized spacial score (nSPS) is 18.1. The molecule has 1 aromatic carbocycles. The Morgan fingerprint density at radius 3 is 2.36 bits per heavy atom. The fraction of sp³-hybridized carbons (Fsp3) is 0.348. The van der Waals surface area contributed by atoms with Crippen LogP contribution in [0.2, 0.25) is 0 Å². The molecule has 3 aromatic rings. The van der Waals surface area contributed by atoms with E-state index in [0.717, 1.165) is 0 Å². The van der Waals surface area contributed by atoms with E-state index < -0.39 is 47.7 Å². The molecule has 8 nitrogen and oxygen atoms in total. The van der Waals surface area contributed by atoms with E-state index in [-0.39, 0.29) is 24.1 Å². The average Bonchev–Trinajstić information content (AvgIpc) is 3.41. The first-order valence-corrected chi connectivity index (χ1v) is 11.4. The van der Waals surface area contributed by atoms with Gasteiger partial charge in [0.15, 0.2) is 5.76 Å². The Morgan fingerprint density at radius 1 is 1.17 bits per heavy atom. The van der Waals surface area contributed by atoms with Gasteiger partial charge in [0.2, 0.25) is 11.8 Å². The van der Waals surface area contributed by atoms with Crippen LogP contribution in [-0.4, -0.2) is 52.4 Å². The number of aromatic nitrogens is 3. The molecule has 186 valence electrons. The summed E-state index contributed by atoms with van der Waals surface area (Å²) in [6, 6.07) is 6.95. The van der Waals surface area contributed by atoms with E-state index in [1.165, 1.54) is 37.1 Å². The van der Waals surface area contributed by atoms with Gasteiger partial charge in [-0.1, -0.05) is 16.8 Å². The molecule has 36 heavy (non-hydrogen) atoms. The standard InChI is InChI=1S/C23H20BClF3N5O3/c24-23(15-11-29-13-30-12-15,21(35)32-16-5-8-22(27,28)9-6-16)33(20(34)19(25)26)17-3-1-14(2-4-17)18-7-10-31-36-18/h1-4,7,10-13,16,19H,5-6,8-9H2,(H,32,35)/t19-,23+/m0/s1. The molecule has 1 aliphatic carbocycles. The summed E-state index contributed by atoms with van der Waals surface area (Å²) >= 11 is 5.52. The highest BCUT2D eigenvalue weighted by atomic mass is 35.5. The third-order valence-electron chi connectivity index (χ3n) is 6.01. The molecule has 2 atom stereocenters. The Morgan fingerprint density at radius 2 is 1.81 bits per heavy atom. The van der Waals surface area contributed by atoms with Gasteiger partial charge in [0, 0.05) is 54.2 Å². The highest BCUT2D eigenvalue weighted by molar-refractivity contribution is 6.37. The van der Waals surface area contributed by atoms with Crippen LogP contribution in [0.5, 0.6) is 0 Å². The first-order chi connectivity index (χ1) is 17.1. The van der Waals surface area contributed by atoms with E-state index in [4.69, 9.17) is 24.0 Å². The number of anilines is 1. The zero-order chi connectivity index (χ0) is 25.9. The van der Waals surface area contributed by atoms with Crippen LogP contribution in [0.4, 0.5) is 18.9 Å². The van der Waals surface area contributed by atoms with Crippen molar-refractivity contribution in [1.29, 1.82) is 0 Å². The Kier molecular flexibility index (Phi) is 7.34. The highest BCUT2D eigenvalue weighted by Crippen LogP contribution is 2.36. The summed E-state index contributed by atoms with van der Waals surface area (Å²) in [5.41, 5.74) is -4.35. The van der Waals surface area contributed by atoms with Crippen molar-refractivity contribution in [3.8, 4) is 11.3 Å². The monoisotopic (exact) mass is 517 g/mol. The molecule has 13 heteroatoms. The SMILES string of the molecule is [B][C@](C(=O)NC1CCC(F)(F)CC1)(c1cncnc1)N(C(=O)[C@H](F)Cl)c1ccc(-c2ccno2)cc1. The molecular formula is C23H20BClF3N5O3. The lowest BCUT2D eigenvalue weighted by Gasteiger charge is -2.42. The summed E-state index contributed by atoms with van der Waals surface area (Å²) in [4.78, 5) is 35.1. The zero-order valence-electron chi connectivity index (χ0n) is 18.8. The molecule has 0 spiro atoms. The minimum Gasteiger partial charge on any atom is -0.356 e. The predicted octanol–water partition coefficient (Wildman–Crippen LogP) is 3.71. The summed E-state index contributed by atoms with van der Waals surface area (Å²) in [5.74, 6) is -4.64. The molecule has 1 fully saturated rings. The van der Waals surface area contributed by atoms with Crippen LogP contribution in [0.3, 0.4) is 0 Å². The molecule has 1 aliphatic rings. The Hall–Kier alpha value is -3.41. The molecule has 1 N–H and O–H groups in total. The van der Waals surface area contributed by atoms with E-state index in [1.807, 2.05) is 0 Å². The lowest BCUT2D eigenvalue weighted by molar-refractivity contribution is -0.130. The fourth-order valence-electron chi connectivity index (χ4n) is 4.08. The number of benzene rings is 1. The van der Waals surface area contributed by atoms with Crippen LogP contribution in [0.15, 0.2) is 59.8 Å². The van der Waals surface area contributed by atoms with Crippen molar-refractivity contribution in [2.75, 3.05) is 4.90 Å². The van der Waals surface area contributed by atoms with E-state index in [1.54, 1.807) is 18.2 Å². The van der Waals surface area contributed by atoms with Gasteiger partial charge in [-0.3, -0.25) is 14.5 Å². The number of nitrogens with one attached hydrogen (secondary N) is 1. The number of alkyl halides is 4.